The molecule has 2 aliphatic carbocycles. The van der Waals surface area contributed by atoms with Crippen molar-refractivity contribution >= 4 is 35.3 Å². The van der Waals surface area contributed by atoms with Gasteiger partial charge in [-0.1, -0.05) is 77.5 Å². The molecule has 0 saturated carbocycles. The normalized spacial score (nSPS) is 22.7. The summed E-state index contributed by atoms with van der Waals surface area (Å²) in [5, 5.41) is 0. The summed E-state index contributed by atoms with van der Waals surface area (Å²) in [5.74, 6) is 0. The second-order valence-corrected chi connectivity index (χ2v) is 11.3. The van der Waals surface area contributed by atoms with E-state index in [9.17, 15) is 0 Å². The fraction of sp³-hybridized carbons (Fsp3) is 0.542. The highest BCUT2D eigenvalue weighted by molar-refractivity contribution is 8.16. The summed E-state index contributed by atoms with van der Waals surface area (Å²) in [4.78, 5) is 6.10. The second kappa shape index (κ2) is 6.37. The van der Waals surface area contributed by atoms with E-state index in [0.29, 0.717) is 6.04 Å². The first-order valence-corrected chi connectivity index (χ1v) is 11.3. The number of nitrogens with zero attached hydrogens (tertiary/aromatic N) is 1. The molecular formula is C24H32BNOS. The highest BCUT2D eigenvalue weighted by Crippen LogP contribution is 2.55. The Morgan fingerprint density at radius 3 is 2.57 bits per heavy atom. The van der Waals surface area contributed by atoms with Crippen LogP contribution in [0.3, 0.4) is 0 Å². The van der Waals surface area contributed by atoms with Crippen LogP contribution in [-0.2, 0) is 10.1 Å². The van der Waals surface area contributed by atoms with Gasteiger partial charge in [-0.2, -0.15) is 0 Å². The van der Waals surface area contributed by atoms with Crippen molar-refractivity contribution in [2.24, 2.45) is 10.4 Å². The lowest BCUT2D eigenvalue weighted by molar-refractivity contribution is 0.000447. The standard InChI is InChI=1S/C24H32BNOS/c1-22(2,3)24(6,7)27-25(8)15-9-10-16-18(13-15)23(4,5)17-11-12-19-21(20(16)17)28-14-26-19/h9-11,13-14,19H,12H2,1-8H3. The van der Waals surface area contributed by atoms with Crippen LogP contribution >= 0.6 is 11.8 Å². The minimum atomic E-state index is -0.201. The third-order valence-corrected chi connectivity index (χ3v) is 8.15. The van der Waals surface area contributed by atoms with Gasteiger partial charge in [-0.15, -0.1) is 0 Å². The van der Waals surface area contributed by atoms with Gasteiger partial charge in [0.25, 0.3) is 0 Å². The van der Waals surface area contributed by atoms with E-state index in [0.717, 1.165) is 6.42 Å². The summed E-state index contributed by atoms with van der Waals surface area (Å²) in [5.41, 5.74) is 8.93. The maximum atomic E-state index is 6.55. The summed E-state index contributed by atoms with van der Waals surface area (Å²) in [7, 11) is 0. The van der Waals surface area contributed by atoms with Gasteiger partial charge >= 0.3 is 6.92 Å². The van der Waals surface area contributed by atoms with E-state index in [-0.39, 0.29) is 23.3 Å². The van der Waals surface area contributed by atoms with Gasteiger partial charge in [-0.05, 0) is 53.4 Å². The zero-order valence-corrected chi connectivity index (χ0v) is 19.3. The summed E-state index contributed by atoms with van der Waals surface area (Å²) in [6.07, 6.45) is 3.45. The third kappa shape index (κ3) is 2.95. The Labute approximate surface area is 175 Å². The predicted octanol–water partition coefficient (Wildman–Crippen LogP) is 5.83. The average molecular weight is 393 g/mol. The van der Waals surface area contributed by atoms with Crippen LogP contribution in [0.1, 0.15) is 66.0 Å². The zero-order valence-electron chi connectivity index (χ0n) is 18.5. The largest absolute Gasteiger partial charge is 0.426 e. The maximum Gasteiger partial charge on any atom is 0.324 e. The molecule has 0 fully saturated rings. The van der Waals surface area contributed by atoms with E-state index in [1.165, 1.54) is 32.6 Å². The second-order valence-electron chi connectivity index (χ2n) is 10.4. The van der Waals surface area contributed by atoms with E-state index in [1.54, 1.807) is 0 Å². The molecule has 3 aliphatic rings. The lowest BCUT2D eigenvalue weighted by Gasteiger charge is -2.41. The Morgan fingerprint density at radius 2 is 1.89 bits per heavy atom. The molecule has 1 aromatic rings. The molecule has 1 atom stereocenters. The number of benzene rings is 1. The highest BCUT2D eigenvalue weighted by Gasteiger charge is 2.44. The van der Waals surface area contributed by atoms with Crippen molar-refractivity contribution in [3.63, 3.8) is 0 Å². The molecule has 1 aliphatic heterocycles. The number of hydrogen-bond acceptors (Lipinski definition) is 3. The van der Waals surface area contributed by atoms with Crippen molar-refractivity contribution in [1.82, 2.24) is 0 Å². The lowest BCUT2D eigenvalue weighted by atomic mass is 9.61. The van der Waals surface area contributed by atoms with Gasteiger partial charge in [0, 0.05) is 10.3 Å². The van der Waals surface area contributed by atoms with Gasteiger partial charge in [0.05, 0.1) is 17.2 Å². The predicted molar refractivity (Wildman–Crippen MR) is 125 cm³/mol. The zero-order chi connectivity index (χ0) is 20.5. The summed E-state index contributed by atoms with van der Waals surface area (Å²) in [6, 6.07) is 7.31. The van der Waals surface area contributed by atoms with Crippen LogP contribution in [0.5, 0.6) is 0 Å². The van der Waals surface area contributed by atoms with Crippen LogP contribution in [0, 0.1) is 5.41 Å². The number of hydrogen-bond donors (Lipinski definition) is 0. The highest BCUT2D eigenvalue weighted by atomic mass is 32.2. The molecule has 1 heterocycles. The summed E-state index contributed by atoms with van der Waals surface area (Å²) < 4.78 is 6.55. The molecule has 0 amide bonds. The molecular weight excluding hydrogens is 361 g/mol. The van der Waals surface area contributed by atoms with Crippen molar-refractivity contribution in [2.75, 3.05) is 0 Å². The van der Waals surface area contributed by atoms with Crippen molar-refractivity contribution < 1.29 is 4.65 Å². The molecule has 4 heteroatoms. The first-order chi connectivity index (χ1) is 12.9. The smallest absolute Gasteiger partial charge is 0.324 e. The molecule has 0 N–H and O–H groups in total. The Hall–Kier alpha value is -1.26. The minimum Gasteiger partial charge on any atom is -0.426 e. The Morgan fingerprint density at radius 1 is 1.18 bits per heavy atom. The third-order valence-electron chi connectivity index (χ3n) is 7.19. The Balaban J connectivity index is 1.73. The van der Waals surface area contributed by atoms with Gasteiger partial charge in [0.15, 0.2) is 0 Å². The Bertz CT molecular complexity index is 917. The van der Waals surface area contributed by atoms with E-state index in [1.807, 2.05) is 17.3 Å². The molecule has 0 aromatic heterocycles. The maximum absolute atomic E-state index is 6.55. The minimum absolute atomic E-state index is 0.0288. The first kappa shape index (κ1) is 20.0. The lowest BCUT2D eigenvalue weighted by Crippen LogP contribution is -2.47. The topological polar surface area (TPSA) is 21.6 Å². The molecule has 148 valence electrons. The van der Waals surface area contributed by atoms with Crippen LogP contribution < -0.4 is 5.46 Å². The summed E-state index contributed by atoms with van der Waals surface area (Å²) in [6.45, 7) is 18.1. The van der Waals surface area contributed by atoms with Crippen molar-refractivity contribution in [2.45, 2.75) is 78.8 Å². The number of fused-ring (bicyclic) bond motifs is 4. The molecule has 2 nitrogen and oxygen atoms in total. The molecule has 0 spiro atoms. The van der Waals surface area contributed by atoms with Crippen molar-refractivity contribution in [3.05, 3.63) is 45.9 Å². The van der Waals surface area contributed by atoms with Gasteiger partial charge in [0.1, 0.15) is 0 Å². The van der Waals surface area contributed by atoms with Crippen LogP contribution in [0.2, 0.25) is 6.82 Å². The quantitative estimate of drug-likeness (QED) is 0.603. The van der Waals surface area contributed by atoms with Crippen LogP contribution in [0.25, 0.3) is 5.57 Å². The molecule has 1 aromatic carbocycles. The molecule has 0 saturated heterocycles. The van der Waals surface area contributed by atoms with E-state index in [2.05, 4.69) is 84.6 Å². The van der Waals surface area contributed by atoms with Crippen LogP contribution in [-0.4, -0.2) is 24.1 Å². The first-order valence-electron chi connectivity index (χ1n) is 10.4. The summed E-state index contributed by atoms with van der Waals surface area (Å²) >= 11 is 1.81. The van der Waals surface area contributed by atoms with Gasteiger partial charge in [-0.25, -0.2) is 0 Å². The Kier molecular flexibility index (Phi) is 4.56. The SMILES string of the molecule is CB(OC(C)(C)C(C)(C)C)c1ccc2c(c1)C(C)(C)C1=CCC3N=CSC3=C12. The number of allylic oxidation sites excluding steroid dienone is 2. The van der Waals surface area contributed by atoms with E-state index in [4.69, 9.17) is 4.65 Å². The molecule has 1 unspecified atom stereocenters. The molecule has 0 bridgehead atoms. The van der Waals surface area contributed by atoms with Crippen LogP contribution in [0.15, 0.2) is 39.7 Å². The van der Waals surface area contributed by atoms with Gasteiger partial charge in [-0.3, -0.25) is 4.99 Å². The van der Waals surface area contributed by atoms with E-state index >= 15 is 0 Å². The van der Waals surface area contributed by atoms with Crippen LogP contribution in [0.4, 0.5) is 0 Å². The molecule has 0 radical (unpaired) electrons. The molecule has 4 rings (SSSR count). The van der Waals surface area contributed by atoms with Gasteiger partial charge in [0.2, 0.25) is 0 Å². The monoisotopic (exact) mass is 393 g/mol. The fourth-order valence-electron chi connectivity index (χ4n) is 4.39. The number of aliphatic imine (C=N–C) groups is 1. The average Bonchev–Trinajstić information content (AvgIpc) is 3.15. The number of thioether (sulfide) groups is 1. The van der Waals surface area contributed by atoms with Gasteiger partial charge < -0.3 is 4.65 Å². The fourth-order valence-corrected chi connectivity index (χ4v) is 5.37. The van der Waals surface area contributed by atoms with E-state index < -0.39 is 0 Å². The van der Waals surface area contributed by atoms with Crippen molar-refractivity contribution in [1.29, 1.82) is 0 Å². The number of rotatable bonds is 3. The molecule has 28 heavy (non-hydrogen) atoms. The van der Waals surface area contributed by atoms with Crippen molar-refractivity contribution in [3.8, 4) is 0 Å².